The number of fused-ring (bicyclic) bond motifs is 1. The summed E-state index contributed by atoms with van der Waals surface area (Å²) in [7, 11) is 0. The van der Waals surface area contributed by atoms with Gasteiger partial charge in [0.2, 0.25) is 5.91 Å². The van der Waals surface area contributed by atoms with E-state index in [0.29, 0.717) is 18.1 Å². The van der Waals surface area contributed by atoms with Gasteiger partial charge in [0, 0.05) is 19.7 Å². The first-order valence-corrected chi connectivity index (χ1v) is 4.43. The van der Waals surface area contributed by atoms with Gasteiger partial charge in [0.05, 0.1) is 17.3 Å². The number of nitrogens with zero attached hydrogens (tertiary/aromatic N) is 2. The molecule has 4 heteroatoms. The van der Waals surface area contributed by atoms with Crippen molar-refractivity contribution in [1.29, 1.82) is 0 Å². The van der Waals surface area contributed by atoms with Crippen molar-refractivity contribution >= 4 is 17.5 Å². The van der Waals surface area contributed by atoms with Gasteiger partial charge < -0.3 is 4.90 Å². The highest BCUT2D eigenvalue weighted by Gasteiger charge is 2.21. The van der Waals surface area contributed by atoms with Crippen LogP contribution in [0.3, 0.4) is 0 Å². The van der Waals surface area contributed by atoms with E-state index < -0.39 is 0 Å². The lowest BCUT2D eigenvalue weighted by Crippen LogP contribution is -2.21. The average Bonchev–Trinajstić information content (AvgIpc) is 2.46. The molecule has 3 nitrogen and oxygen atoms in total. The zero-order chi connectivity index (χ0) is 9.42. The molecule has 0 saturated carbocycles. The molecule has 0 spiro atoms. The molecule has 1 amide bonds. The first-order chi connectivity index (χ1) is 6.16. The molecule has 0 unspecified atom stereocenters. The Morgan fingerprint density at radius 1 is 1.62 bits per heavy atom. The Morgan fingerprint density at radius 3 is 3.08 bits per heavy atom. The fourth-order valence-electron chi connectivity index (χ4n) is 1.45. The first kappa shape index (κ1) is 8.51. The summed E-state index contributed by atoms with van der Waals surface area (Å²) in [5.74, 6) is 0.0779. The predicted octanol–water partition coefficient (Wildman–Crippen LogP) is 1.60. The third-order valence-electron chi connectivity index (χ3n) is 2.17. The molecule has 0 bridgehead atoms. The number of aromatic nitrogens is 1. The van der Waals surface area contributed by atoms with Crippen molar-refractivity contribution in [3.8, 4) is 0 Å². The third kappa shape index (κ3) is 1.52. The molecule has 0 aliphatic carbocycles. The highest BCUT2D eigenvalue weighted by molar-refractivity contribution is 6.30. The fourth-order valence-corrected chi connectivity index (χ4v) is 1.63. The molecule has 2 heterocycles. The molecular formula is C9H9ClN2O. The van der Waals surface area contributed by atoms with Crippen LogP contribution in [-0.4, -0.2) is 15.8 Å². The molecule has 1 aliphatic rings. The minimum Gasteiger partial charge on any atom is -0.333 e. The summed E-state index contributed by atoms with van der Waals surface area (Å²) in [6.07, 6.45) is 1.62. The Morgan fingerprint density at radius 2 is 2.38 bits per heavy atom. The van der Waals surface area contributed by atoms with Crippen LogP contribution in [-0.2, 0) is 17.9 Å². The van der Waals surface area contributed by atoms with Gasteiger partial charge >= 0.3 is 0 Å². The summed E-state index contributed by atoms with van der Waals surface area (Å²) in [6.45, 7) is 2.81. The van der Waals surface area contributed by atoms with Crippen LogP contribution in [0.25, 0.3) is 0 Å². The lowest BCUT2D eigenvalue weighted by Gasteiger charge is -2.10. The van der Waals surface area contributed by atoms with Crippen LogP contribution < -0.4 is 0 Å². The van der Waals surface area contributed by atoms with Crippen molar-refractivity contribution in [2.45, 2.75) is 20.0 Å². The van der Waals surface area contributed by atoms with E-state index in [1.807, 2.05) is 6.07 Å². The quantitative estimate of drug-likeness (QED) is 0.632. The molecule has 1 aromatic rings. The normalized spacial score (nSPS) is 14.5. The monoisotopic (exact) mass is 196 g/mol. The molecule has 0 N–H and O–H groups in total. The van der Waals surface area contributed by atoms with E-state index in [2.05, 4.69) is 4.98 Å². The second-order valence-corrected chi connectivity index (χ2v) is 3.57. The number of hydrogen-bond acceptors (Lipinski definition) is 2. The predicted molar refractivity (Wildman–Crippen MR) is 49.2 cm³/mol. The zero-order valence-electron chi connectivity index (χ0n) is 7.25. The lowest BCUT2D eigenvalue weighted by atomic mass is 10.2. The van der Waals surface area contributed by atoms with Gasteiger partial charge in [-0.15, -0.1) is 0 Å². The maximum atomic E-state index is 11.1. The Labute approximate surface area is 81.3 Å². The fraction of sp³-hybridized carbons (Fsp3) is 0.333. The van der Waals surface area contributed by atoms with Crippen molar-refractivity contribution in [2.24, 2.45) is 0 Å². The minimum absolute atomic E-state index is 0.0779. The van der Waals surface area contributed by atoms with Gasteiger partial charge in [0.25, 0.3) is 0 Å². The molecule has 68 valence electrons. The number of rotatable bonds is 0. The van der Waals surface area contributed by atoms with Gasteiger partial charge in [-0.25, -0.2) is 0 Å². The molecular weight excluding hydrogens is 188 g/mol. The number of carbonyl (C=O) groups excluding carboxylic acids is 1. The number of halogens is 1. The molecule has 0 atom stereocenters. The number of amides is 1. The Kier molecular flexibility index (Phi) is 1.96. The molecule has 13 heavy (non-hydrogen) atoms. The smallest absolute Gasteiger partial charge is 0.220 e. The highest BCUT2D eigenvalue weighted by Crippen LogP contribution is 2.23. The second kappa shape index (κ2) is 3.00. The summed E-state index contributed by atoms with van der Waals surface area (Å²) >= 11 is 5.78. The highest BCUT2D eigenvalue weighted by atomic mass is 35.5. The van der Waals surface area contributed by atoms with E-state index in [1.54, 1.807) is 18.0 Å². The van der Waals surface area contributed by atoms with E-state index >= 15 is 0 Å². The van der Waals surface area contributed by atoms with Crippen LogP contribution in [0.2, 0.25) is 5.02 Å². The Bertz CT molecular complexity index is 365. The van der Waals surface area contributed by atoms with Crippen molar-refractivity contribution in [1.82, 2.24) is 9.88 Å². The van der Waals surface area contributed by atoms with E-state index in [9.17, 15) is 4.79 Å². The summed E-state index contributed by atoms with van der Waals surface area (Å²) in [4.78, 5) is 17.0. The summed E-state index contributed by atoms with van der Waals surface area (Å²) in [5.41, 5.74) is 2.02. The largest absolute Gasteiger partial charge is 0.333 e. The van der Waals surface area contributed by atoms with Gasteiger partial charge in [0.15, 0.2) is 0 Å². The van der Waals surface area contributed by atoms with Gasteiger partial charge in [-0.1, -0.05) is 11.6 Å². The average molecular weight is 197 g/mol. The van der Waals surface area contributed by atoms with E-state index in [-0.39, 0.29) is 5.91 Å². The van der Waals surface area contributed by atoms with Crippen LogP contribution in [0.1, 0.15) is 18.2 Å². The molecule has 1 aromatic heterocycles. The van der Waals surface area contributed by atoms with E-state index in [0.717, 1.165) is 11.3 Å². The summed E-state index contributed by atoms with van der Waals surface area (Å²) in [5, 5.41) is 0.629. The van der Waals surface area contributed by atoms with Gasteiger partial charge in [-0.3, -0.25) is 9.78 Å². The van der Waals surface area contributed by atoms with Crippen molar-refractivity contribution in [3.63, 3.8) is 0 Å². The Hall–Kier alpha value is -1.09. The lowest BCUT2D eigenvalue weighted by molar-refractivity contribution is -0.129. The van der Waals surface area contributed by atoms with Crippen LogP contribution in [0.5, 0.6) is 0 Å². The standard InChI is InChI=1S/C9H9ClN2O/c1-6(13)12-4-7-2-8(10)3-11-9(7)5-12/h2-3H,4-5H2,1H3. The molecule has 0 fully saturated rings. The molecule has 2 rings (SSSR count). The maximum Gasteiger partial charge on any atom is 0.220 e. The van der Waals surface area contributed by atoms with Crippen LogP contribution in [0.15, 0.2) is 12.3 Å². The molecule has 0 radical (unpaired) electrons. The van der Waals surface area contributed by atoms with Crippen LogP contribution in [0.4, 0.5) is 0 Å². The number of hydrogen-bond donors (Lipinski definition) is 0. The summed E-state index contributed by atoms with van der Waals surface area (Å²) in [6, 6.07) is 1.87. The molecule has 1 aliphatic heterocycles. The topological polar surface area (TPSA) is 33.2 Å². The van der Waals surface area contributed by atoms with Crippen LogP contribution in [0, 0.1) is 0 Å². The zero-order valence-corrected chi connectivity index (χ0v) is 8.01. The number of carbonyl (C=O) groups is 1. The summed E-state index contributed by atoms with van der Waals surface area (Å²) < 4.78 is 0. The van der Waals surface area contributed by atoms with E-state index in [4.69, 9.17) is 11.6 Å². The number of pyridine rings is 1. The minimum atomic E-state index is 0.0779. The second-order valence-electron chi connectivity index (χ2n) is 3.13. The van der Waals surface area contributed by atoms with Crippen molar-refractivity contribution < 1.29 is 4.79 Å². The molecule has 0 saturated heterocycles. The van der Waals surface area contributed by atoms with Gasteiger partial charge in [-0.2, -0.15) is 0 Å². The maximum absolute atomic E-state index is 11.1. The Balaban J connectivity index is 2.30. The van der Waals surface area contributed by atoms with E-state index in [1.165, 1.54) is 0 Å². The SMILES string of the molecule is CC(=O)N1Cc2cc(Cl)cnc2C1. The van der Waals surface area contributed by atoms with Crippen LogP contribution >= 0.6 is 11.6 Å². The van der Waals surface area contributed by atoms with Crippen molar-refractivity contribution in [3.05, 3.63) is 28.5 Å². The molecule has 0 aromatic carbocycles. The van der Waals surface area contributed by atoms with Gasteiger partial charge in [0.1, 0.15) is 0 Å². The first-order valence-electron chi connectivity index (χ1n) is 4.05. The van der Waals surface area contributed by atoms with Gasteiger partial charge in [-0.05, 0) is 11.6 Å². The third-order valence-corrected chi connectivity index (χ3v) is 2.38. The van der Waals surface area contributed by atoms with Crippen molar-refractivity contribution in [2.75, 3.05) is 0 Å².